The third-order valence-electron chi connectivity index (χ3n) is 4.15. The molecule has 23 heavy (non-hydrogen) atoms. The Kier molecular flexibility index (Phi) is 5.78. The zero-order chi connectivity index (χ0) is 17.0. The molecule has 2 rings (SSSR count). The number of sulfonamides is 1. The van der Waals surface area contributed by atoms with Gasteiger partial charge in [-0.3, -0.25) is 4.79 Å². The fraction of sp³-hybridized carbons (Fsp3) is 0.562. The summed E-state index contributed by atoms with van der Waals surface area (Å²) >= 11 is 0. The second-order valence-corrected chi connectivity index (χ2v) is 8.27. The molecule has 0 aromatic heterocycles. The van der Waals surface area contributed by atoms with Crippen molar-refractivity contribution in [3.8, 4) is 0 Å². The Morgan fingerprint density at radius 1 is 1.17 bits per heavy atom. The normalized spacial score (nSPS) is 19.6. The lowest BCUT2D eigenvalue weighted by Crippen LogP contribution is -2.53. The van der Waals surface area contributed by atoms with Crippen molar-refractivity contribution in [3.63, 3.8) is 0 Å². The van der Waals surface area contributed by atoms with Gasteiger partial charge in [0.1, 0.15) is 6.04 Å². The van der Waals surface area contributed by atoms with E-state index in [0.717, 1.165) is 12.1 Å². The van der Waals surface area contributed by atoms with Crippen LogP contribution in [0.1, 0.15) is 12.8 Å². The molecule has 0 aliphatic carbocycles. The molecule has 128 valence electrons. The van der Waals surface area contributed by atoms with Crippen LogP contribution in [0.25, 0.3) is 0 Å². The molecule has 1 aliphatic heterocycles. The van der Waals surface area contributed by atoms with Crippen LogP contribution in [-0.2, 0) is 14.8 Å². The number of hydrogen-bond acceptors (Lipinski definition) is 4. The molecule has 1 amide bonds. The zero-order valence-electron chi connectivity index (χ0n) is 14.0. The van der Waals surface area contributed by atoms with Crippen LogP contribution in [0.3, 0.4) is 0 Å². The van der Waals surface area contributed by atoms with E-state index < -0.39 is 16.1 Å². The van der Waals surface area contributed by atoms with Crippen LogP contribution in [0.2, 0.25) is 0 Å². The summed E-state index contributed by atoms with van der Waals surface area (Å²) in [5, 5.41) is 0. The van der Waals surface area contributed by atoms with Crippen molar-refractivity contribution in [2.75, 3.05) is 44.9 Å². The monoisotopic (exact) mass is 339 g/mol. The molecule has 0 saturated carbocycles. The molecule has 6 nitrogen and oxygen atoms in total. The number of nitrogens with zero attached hydrogens (tertiary/aromatic N) is 3. The molecule has 1 aromatic rings. The van der Waals surface area contributed by atoms with Crippen LogP contribution in [0.5, 0.6) is 0 Å². The first-order valence-electron chi connectivity index (χ1n) is 7.80. The predicted molar refractivity (Wildman–Crippen MR) is 91.9 cm³/mol. The van der Waals surface area contributed by atoms with E-state index in [1.54, 1.807) is 4.90 Å². The Bertz CT molecular complexity index is 631. The van der Waals surface area contributed by atoms with Gasteiger partial charge in [-0.2, -0.15) is 4.31 Å². The minimum Gasteiger partial charge on any atom is -0.311 e. The average molecular weight is 339 g/mol. The summed E-state index contributed by atoms with van der Waals surface area (Å²) in [5.74, 6) is -0.121. The molecule has 0 bridgehead atoms. The van der Waals surface area contributed by atoms with Crippen molar-refractivity contribution in [1.29, 1.82) is 0 Å². The molecule has 0 spiro atoms. The third kappa shape index (κ3) is 4.31. The maximum Gasteiger partial charge on any atom is 0.245 e. The lowest BCUT2D eigenvalue weighted by atomic mass is 10.0. The third-order valence-corrected chi connectivity index (χ3v) is 5.98. The van der Waals surface area contributed by atoms with Gasteiger partial charge in [-0.25, -0.2) is 8.42 Å². The number of likely N-dealkylation sites (N-methyl/N-ethyl adjacent to an activating group) is 1. The van der Waals surface area contributed by atoms with E-state index >= 15 is 0 Å². The number of amides is 1. The summed E-state index contributed by atoms with van der Waals surface area (Å²) in [6.45, 7) is 1.07. The van der Waals surface area contributed by atoms with E-state index in [4.69, 9.17) is 0 Å². The van der Waals surface area contributed by atoms with Crippen molar-refractivity contribution >= 4 is 21.6 Å². The summed E-state index contributed by atoms with van der Waals surface area (Å²) in [6.07, 6.45) is 1.36. The van der Waals surface area contributed by atoms with Gasteiger partial charge in [-0.05, 0) is 39.1 Å². The first-order valence-corrected chi connectivity index (χ1v) is 9.40. The predicted octanol–water partition coefficient (Wildman–Crippen LogP) is 1.01. The largest absolute Gasteiger partial charge is 0.311 e. The molecule has 1 fully saturated rings. The Balaban J connectivity index is 2.14. The fourth-order valence-corrected chi connectivity index (χ4v) is 4.16. The molecule has 1 atom stereocenters. The quantitative estimate of drug-likeness (QED) is 0.776. The second-order valence-electron chi connectivity index (χ2n) is 6.12. The Hall–Kier alpha value is -1.44. The van der Waals surface area contributed by atoms with Crippen LogP contribution in [-0.4, -0.2) is 69.6 Å². The standard InChI is InChI=1S/C16H25N3O3S/c1-17(2)12-13-23(21,22)18(3)15-10-7-11-19(16(15)20)14-8-5-4-6-9-14/h4-6,8-9,15H,7,10-13H2,1-3H3. The van der Waals surface area contributed by atoms with Crippen molar-refractivity contribution in [2.45, 2.75) is 18.9 Å². The highest BCUT2D eigenvalue weighted by Crippen LogP contribution is 2.24. The van der Waals surface area contributed by atoms with Crippen LogP contribution < -0.4 is 4.90 Å². The number of benzene rings is 1. The number of carbonyl (C=O) groups is 1. The first-order chi connectivity index (χ1) is 10.8. The number of rotatable bonds is 6. The average Bonchev–Trinajstić information content (AvgIpc) is 2.53. The molecule has 1 heterocycles. The zero-order valence-corrected chi connectivity index (χ0v) is 14.8. The number of hydrogen-bond donors (Lipinski definition) is 0. The lowest BCUT2D eigenvalue weighted by molar-refractivity contribution is -0.123. The summed E-state index contributed by atoms with van der Waals surface area (Å²) < 4.78 is 26.2. The second kappa shape index (κ2) is 7.42. The Morgan fingerprint density at radius 3 is 2.43 bits per heavy atom. The highest BCUT2D eigenvalue weighted by Gasteiger charge is 2.37. The smallest absolute Gasteiger partial charge is 0.245 e. The van der Waals surface area contributed by atoms with E-state index in [-0.39, 0.29) is 11.7 Å². The number of para-hydroxylation sites is 1. The SMILES string of the molecule is CN(C)CCS(=O)(=O)N(C)C1CCCN(c2ccccc2)C1=O. The number of piperidine rings is 1. The van der Waals surface area contributed by atoms with E-state index in [0.29, 0.717) is 19.5 Å². The molecule has 1 unspecified atom stereocenters. The molecular formula is C16H25N3O3S. The molecule has 7 heteroatoms. The molecular weight excluding hydrogens is 314 g/mol. The summed E-state index contributed by atoms with van der Waals surface area (Å²) in [4.78, 5) is 16.3. The van der Waals surface area contributed by atoms with E-state index in [9.17, 15) is 13.2 Å². The van der Waals surface area contributed by atoms with Gasteiger partial charge in [-0.15, -0.1) is 0 Å². The Morgan fingerprint density at radius 2 is 1.83 bits per heavy atom. The minimum absolute atomic E-state index is 0.0195. The van der Waals surface area contributed by atoms with Crippen molar-refractivity contribution in [3.05, 3.63) is 30.3 Å². The van der Waals surface area contributed by atoms with Gasteiger partial charge in [0, 0.05) is 25.8 Å². The van der Waals surface area contributed by atoms with Gasteiger partial charge in [0.2, 0.25) is 15.9 Å². The summed E-state index contributed by atoms with van der Waals surface area (Å²) in [7, 11) is 1.73. The molecule has 0 radical (unpaired) electrons. The number of anilines is 1. The Labute approximate surface area is 138 Å². The van der Waals surface area contributed by atoms with Gasteiger partial charge < -0.3 is 9.80 Å². The van der Waals surface area contributed by atoms with Crippen LogP contribution in [0.4, 0.5) is 5.69 Å². The topological polar surface area (TPSA) is 60.9 Å². The van der Waals surface area contributed by atoms with Gasteiger partial charge >= 0.3 is 0 Å². The minimum atomic E-state index is -3.45. The first kappa shape index (κ1) is 17.9. The van der Waals surface area contributed by atoms with Crippen LogP contribution in [0.15, 0.2) is 30.3 Å². The molecule has 0 N–H and O–H groups in total. The fourth-order valence-electron chi connectivity index (χ4n) is 2.69. The maximum absolute atomic E-state index is 12.8. The summed E-state index contributed by atoms with van der Waals surface area (Å²) in [6, 6.07) is 8.79. The van der Waals surface area contributed by atoms with Crippen LogP contribution >= 0.6 is 0 Å². The number of carbonyl (C=O) groups excluding carboxylic acids is 1. The van der Waals surface area contributed by atoms with Gasteiger partial charge in [0.15, 0.2) is 0 Å². The highest BCUT2D eigenvalue weighted by molar-refractivity contribution is 7.89. The maximum atomic E-state index is 12.8. The van der Waals surface area contributed by atoms with Gasteiger partial charge in [0.25, 0.3) is 0 Å². The van der Waals surface area contributed by atoms with Crippen molar-refractivity contribution < 1.29 is 13.2 Å². The van der Waals surface area contributed by atoms with Crippen molar-refractivity contribution in [1.82, 2.24) is 9.21 Å². The lowest BCUT2D eigenvalue weighted by Gasteiger charge is -2.36. The van der Waals surface area contributed by atoms with Crippen LogP contribution in [0, 0.1) is 0 Å². The van der Waals surface area contributed by atoms with E-state index in [1.165, 1.54) is 11.4 Å². The molecule has 1 aromatic carbocycles. The molecule has 1 saturated heterocycles. The van der Waals surface area contributed by atoms with Crippen molar-refractivity contribution in [2.24, 2.45) is 0 Å². The molecule has 1 aliphatic rings. The van der Waals surface area contributed by atoms with Gasteiger partial charge in [-0.1, -0.05) is 18.2 Å². The van der Waals surface area contributed by atoms with Gasteiger partial charge in [0.05, 0.1) is 5.75 Å². The van der Waals surface area contributed by atoms with E-state index in [1.807, 2.05) is 49.3 Å². The van der Waals surface area contributed by atoms with E-state index in [2.05, 4.69) is 0 Å². The highest BCUT2D eigenvalue weighted by atomic mass is 32.2. The summed E-state index contributed by atoms with van der Waals surface area (Å²) in [5.41, 5.74) is 0.821.